The highest BCUT2D eigenvalue weighted by molar-refractivity contribution is 5.98. The van der Waals surface area contributed by atoms with Crippen molar-refractivity contribution in [1.82, 2.24) is 0 Å². The zero-order chi connectivity index (χ0) is 20.0. The molecule has 0 fully saturated rings. The SMILES string of the molecule is CCCCOC(=O)c1ccc(C(C)(C)C)cc1-c1ccccc1OC(=O)O. The van der Waals surface area contributed by atoms with Crippen LogP contribution in [0.4, 0.5) is 4.79 Å². The number of esters is 1. The predicted octanol–water partition coefficient (Wildman–Crippen LogP) is 5.66. The van der Waals surface area contributed by atoms with Crippen molar-refractivity contribution in [3.05, 3.63) is 53.6 Å². The van der Waals surface area contributed by atoms with Crippen molar-refractivity contribution >= 4 is 12.1 Å². The third-order valence-electron chi connectivity index (χ3n) is 4.21. The number of ether oxygens (including phenoxy) is 2. The normalized spacial score (nSPS) is 11.1. The lowest BCUT2D eigenvalue weighted by atomic mass is 9.84. The summed E-state index contributed by atoms with van der Waals surface area (Å²) in [6.07, 6.45) is 0.319. The van der Waals surface area contributed by atoms with E-state index in [2.05, 4.69) is 20.8 Å². The van der Waals surface area contributed by atoms with Gasteiger partial charge >= 0.3 is 12.1 Å². The Morgan fingerprint density at radius 1 is 1.04 bits per heavy atom. The van der Waals surface area contributed by atoms with Crippen LogP contribution in [0.1, 0.15) is 56.5 Å². The lowest BCUT2D eigenvalue weighted by Crippen LogP contribution is -2.14. The van der Waals surface area contributed by atoms with Gasteiger partial charge in [0.15, 0.2) is 0 Å². The maximum Gasteiger partial charge on any atom is 0.511 e. The number of benzene rings is 2. The van der Waals surface area contributed by atoms with E-state index in [0.717, 1.165) is 18.4 Å². The smallest absolute Gasteiger partial charge is 0.462 e. The number of unbranched alkanes of at least 4 members (excludes halogenated alkanes) is 1. The topological polar surface area (TPSA) is 72.8 Å². The summed E-state index contributed by atoms with van der Waals surface area (Å²) >= 11 is 0. The minimum Gasteiger partial charge on any atom is -0.462 e. The van der Waals surface area contributed by atoms with Crippen LogP contribution in [0.15, 0.2) is 42.5 Å². The molecule has 144 valence electrons. The van der Waals surface area contributed by atoms with Crippen LogP contribution < -0.4 is 4.74 Å². The van der Waals surface area contributed by atoms with Crippen LogP contribution in [0.25, 0.3) is 11.1 Å². The summed E-state index contributed by atoms with van der Waals surface area (Å²) < 4.78 is 10.3. The van der Waals surface area contributed by atoms with Crippen LogP contribution >= 0.6 is 0 Å². The Kier molecular flexibility index (Phi) is 6.61. The molecule has 0 unspecified atom stereocenters. The Balaban J connectivity index is 2.58. The lowest BCUT2D eigenvalue weighted by molar-refractivity contribution is 0.0500. The van der Waals surface area contributed by atoms with Crippen LogP contribution in [0.3, 0.4) is 0 Å². The van der Waals surface area contributed by atoms with Gasteiger partial charge < -0.3 is 14.6 Å². The summed E-state index contributed by atoms with van der Waals surface area (Å²) in [5.74, 6) is -0.247. The molecule has 5 nitrogen and oxygen atoms in total. The van der Waals surface area contributed by atoms with E-state index in [9.17, 15) is 9.59 Å². The molecule has 2 rings (SSSR count). The molecule has 0 radical (unpaired) electrons. The minimum atomic E-state index is -1.40. The third kappa shape index (κ3) is 5.33. The van der Waals surface area contributed by atoms with E-state index in [1.165, 1.54) is 0 Å². The summed E-state index contributed by atoms with van der Waals surface area (Å²) in [5.41, 5.74) is 2.41. The molecule has 0 bridgehead atoms. The molecule has 2 aromatic carbocycles. The molecule has 0 saturated carbocycles. The van der Waals surface area contributed by atoms with E-state index >= 15 is 0 Å². The summed E-state index contributed by atoms with van der Waals surface area (Å²) in [7, 11) is 0. The molecule has 27 heavy (non-hydrogen) atoms. The molecule has 0 aliphatic heterocycles. The first kappa shape index (κ1) is 20.5. The molecule has 0 amide bonds. The number of para-hydroxylation sites is 1. The number of rotatable bonds is 6. The zero-order valence-electron chi connectivity index (χ0n) is 16.2. The Bertz CT molecular complexity index is 818. The highest BCUT2D eigenvalue weighted by Gasteiger charge is 2.22. The fourth-order valence-electron chi connectivity index (χ4n) is 2.67. The van der Waals surface area contributed by atoms with Gasteiger partial charge in [0.05, 0.1) is 12.2 Å². The standard InChI is InChI=1S/C22H26O5/c1-5-6-13-26-20(23)17-12-11-15(22(2,3)4)14-18(17)16-9-7-8-10-19(16)27-21(24)25/h7-12,14H,5-6,13H2,1-4H3,(H,24,25). The molecule has 0 atom stereocenters. The van der Waals surface area contributed by atoms with E-state index in [0.29, 0.717) is 23.3 Å². The first-order valence-corrected chi connectivity index (χ1v) is 9.06. The van der Waals surface area contributed by atoms with Crippen LogP contribution in [0.2, 0.25) is 0 Å². The van der Waals surface area contributed by atoms with Gasteiger partial charge in [0.2, 0.25) is 0 Å². The fourth-order valence-corrected chi connectivity index (χ4v) is 2.67. The number of hydrogen-bond acceptors (Lipinski definition) is 4. The quantitative estimate of drug-likeness (QED) is 0.403. The average molecular weight is 370 g/mol. The number of hydrogen-bond donors (Lipinski definition) is 1. The van der Waals surface area contributed by atoms with Crippen LogP contribution in [0, 0.1) is 0 Å². The first-order valence-electron chi connectivity index (χ1n) is 9.06. The van der Waals surface area contributed by atoms with Gasteiger partial charge in [-0.25, -0.2) is 9.59 Å². The molecular weight excluding hydrogens is 344 g/mol. The average Bonchev–Trinajstić information content (AvgIpc) is 2.60. The molecule has 5 heteroatoms. The maximum atomic E-state index is 12.6. The fraction of sp³-hybridized carbons (Fsp3) is 0.364. The van der Waals surface area contributed by atoms with Crippen molar-refractivity contribution in [1.29, 1.82) is 0 Å². The van der Waals surface area contributed by atoms with Gasteiger partial charge in [-0.15, -0.1) is 0 Å². The van der Waals surface area contributed by atoms with Gasteiger partial charge in [0.25, 0.3) is 0 Å². The molecule has 0 aliphatic carbocycles. The van der Waals surface area contributed by atoms with Gasteiger partial charge in [-0.2, -0.15) is 0 Å². The van der Waals surface area contributed by atoms with E-state index < -0.39 is 12.1 Å². The van der Waals surface area contributed by atoms with Gasteiger partial charge in [-0.05, 0) is 35.6 Å². The van der Waals surface area contributed by atoms with Crippen molar-refractivity contribution in [3.8, 4) is 16.9 Å². The highest BCUT2D eigenvalue weighted by Crippen LogP contribution is 2.36. The summed E-state index contributed by atoms with van der Waals surface area (Å²) in [6.45, 7) is 8.60. The minimum absolute atomic E-state index is 0.137. The number of carbonyl (C=O) groups excluding carboxylic acids is 1. The van der Waals surface area contributed by atoms with Crippen molar-refractivity contribution in [3.63, 3.8) is 0 Å². The second-order valence-electron chi connectivity index (χ2n) is 7.36. The van der Waals surface area contributed by atoms with Crippen LogP contribution in [-0.2, 0) is 10.2 Å². The predicted molar refractivity (Wildman–Crippen MR) is 104 cm³/mol. The van der Waals surface area contributed by atoms with Crippen molar-refractivity contribution in [2.75, 3.05) is 6.61 Å². The van der Waals surface area contributed by atoms with Gasteiger partial charge in [-0.1, -0.05) is 58.4 Å². The van der Waals surface area contributed by atoms with E-state index in [4.69, 9.17) is 14.6 Å². The maximum absolute atomic E-state index is 12.6. The Hall–Kier alpha value is -2.82. The zero-order valence-corrected chi connectivity index (χ0v) is 16.2. The molecule has 0 heterocycles. The molecule has 0 saturated heterocycles. The number of carbonyl (C=O) groups is 2. The molecular formula is C22H26O5. The van der Waals surface area contributed by atoms with Gasteiger partial charge in [0, 0.05) is 11.1 Å². The third-order valence-corrected chi connectivity index (χ3v) is 4.21. The van der Waals surface area contributed by atoms with E-state index in [-0.39, 0.29) is 11.2 Å². The Morgan fingerprint density at radius 3 is 2.37 bits per heavy atom. The summed E-state index contributed by atoms with van der Waals surface area (Å²) in [5, 5.41) is 9.03. The molecule has 0 aliphatic rings. The van der Waals surface area contributed by atoms with Gasteiger partial charge in [0.1, 0.15) is 5.75 Å². The Morgan fingerprint density at radius 2 is 1.74 bits per heavy atom. The summed E-state index contributed by atoms with van der Waals surface area (Å²) in [4.78, 5) is 23.7. The Labute approximate surface area is 159 Å². The largest absolute Gasteiger partial charge is 0.511 e. The molecule has 0 spiro atoms. The van der Waals surface area contributed by atoms with Gasteiger partial charge in [-0.3, -0.25) is 0 Å². The monoisotopic (exact) mass is 370 g/mol. The van der Waals surface area contributed by atoms with Crippen molar-refractivity contribution < 1.29 is 24.2 Å². The van der Waals surface area contributed by atoms with E-state index in [1.807, 2.05) is 19.1 Å². The first-order chi connectivity index (χ1) is 12.7. The second-order valence-corrected chi connectivity index (χ2v) is 7.36. The van der Waals surface area contributed by atoms with Crippen molar-refractivity contribution in [2.45, 2.75) is 46.0 Å². The van der Waals surface area contributed by atoms with Crippen molar-refractivity contribution in [2.24, 2.45) is 0 Å². The molecule has 1 N–H and O–H groups in total. The van der Waals surface area contributed by atoms with Crippen LogP contribution in [-0.4, -0.2) is 23.8 Å². The van der Waals surface area contributed by atoms with Crippen LogP contribution in [0.5, 0.6) is 5.75 Å². The summed E-state index contributed by atoms with van der Waals surface area (Å²) in [6, 6.07) is 12.3. The molecule has 2 aromatic rings. The van der Waals surface area contributed by atoms with E-state index in [1.54, 1.807) is 30.3 Å². The molecule has 0 aromatic heterocycles. The highest BCUT2D eigenvalue weighted by atomic mass is 16.7. The second kappa shape index (κ2) is 8.71. The lowest BCUT2D eigenvalue weighted by Gasteiger charge is -2.22. The number of carboxylic acid groups (broad SMARTS) is 1.